The normalized spacial score (nSPS) is 23.8. The molecule has 0 spiro atoms. The Balaban J connectivity index is 1.92. The number of aromatic hydroxyl groups is 1. The molecule has 29 heavy (non-hydrogen) atoms. The number of hydrogen-bond donors (Lipinski definition) is 2. The molecule has 1 aromatic rings. The Bertz CT molecular complexity index is 912. The van der Waals surface area contributed by atoms with E-state index in [0.29, 0.717) is 11.1 Å². The monoisotopic (exact) mass is 402 g/mol. The van der Waals surface area contributed by atoms with E-state index in [-0.39, 0.29) is 30.1 Å². The van der Waals surface area contributed by atoms with Gasteiger partial charge in [-0.1, -0.05) is 6.92 Å². The SMILES string of the molecule is CCCC1=CC2=C(CO1)C(=O)[C@](C)(OC(=O)c1c(C)cc(O)cc1OC)[C@H](O)C2. The second kappa shape index (κ2) is 7.91. The lowest BCUT2D eigenvalue weighted by Gasteiger charge is -2.39. The summed E-state index contributed by atoms with van der Waals surface area (Å²) in [7, 11) is 1.37. The zero-order chi connectivity index (χ0) is 21.3. The van der Waals surface area contributed by atoms with Gasteiger partial charge in [0.2, 0.25) is 5.78 Å². The third kappa shape index (κ3) is 3.74. The van der Waals surface area contributed by atoms with E-state index < -0.39 is 23.5 Å². The van der Waals surface area contributed by atoms with Crippen LogP contribution in [-0.2, 0) is 14.3 Å². The zero-order valence-electron chi connectivity index (χ0n) is 17.1. The summed E-state index contributed by atoms with van der Waals surface area (Å²) in [6.45, 7) is 5.16. The first-order valence-corrected chi connectivity index (χ1v) is 9.60. The number of aryl methyl sites for hydroxylation is 1. The largest absolute Gasteiger partial charge is 0.508 e. The van der Waals surface area contributed by atoms with E-state index in [1.54, 1.807) is 13.0 Å². The Morgan fingerprint density at radius 2 is 2.10 bits per heavy atom. The maximum absolute atomic E-state index is 13.1. The fourth-order valence-electron chi connectivity index (χ4n) is 3.74. The quantitative estimate of drug-likeness (QED) is 0.730. The minimum Gasteiger partial charge on any atom is -0.508 e. The molecule has 7 nitrogen and oxygen atoms in total. The Hall–Kier alpha value is -2.80. The molecule has 7 heteroatoms. The number of rotatable bonds is 5. The highest BCUT2D eigenvalue weighted by molar-refractivity contribution is 6.07. The van der Waals surface area contributed by atoms with Gasteiger partial charge in [0.1, 0.15) is 29.8 Å². The molecule has 0 radical (unpaired) electrons. The number of esters is 1. The number of carbonyl (C=O) groups excluding carboxylic acids is 2. The van der Waals surface area contributed by atoms with Gasteiger partial charge in [0.05, 0.1) is 12.9 Å². The molecule has 156 valence electrons. The molecular weight excluding hydrogens is 376 g/mol. The van der Waals surface area contributed by atoms with Crippen LogP contribution in [0.1, 0.15) is 49.0 Å². The highest BCUT2D eigenvalue weighted by atomic mass is 16.6. The van der Waals surface area contributed by atoms with Crippen LogP contribution in [0.3, 0.4) is 0 Å². The molecule has 1 aromatic carbocycles. The summed E-state index contributed by atoms with van der Waals surface area (Å²) in [5.41, 5.74) is -0.0772. The minimum atomic E-state index is -1.75. The van der Waals surface area contributed by atoms with Gasteiger partial charge in [-0.2, -0.15) is 0 Å². The number of ether oxygens (including phenoxy) is 3. The summed E-state index contributed by atoms with van der Waals surface area (Å²) in [5.74, 6) is -0.419. The van der Waals surface area contributed by atoms with Crippen LogP contribution in [0.2, 0.25) is 0 Å². The molecule has 0 aromatic heterocycles. The van der Waals surface area contributed by atoms with Crippen molar-refractivity contribution in [2.75, 3.05) is 13.7 Å². The fourth-order valence-corrected chi connectivity index (χ4v) is 3.74. The second-order valence-electron chi connectivity index (χ2n) is 7.54. The van der Waals surface area contributed by atoms with Crippen molar-refractivity contribution >= 4 is 11.8 Å². The summed E-state index contributed by atoms with van der Waals surface area (Å²) < 4.78 is 16.4. The number of benzene rings is 1. The van der Waals surface area contributed by atoms with Crippen LogP contribution in [0, 0.1) is 6.92 Å². The summed E-state index contributed by atoms with van der Waals surface area (Å²) in [4.78, 5) is 26.1. The maximum atomic E-state index is 13.1. The lowest BCUT2D eigenvalue weighted by atomic mass is 9.77. The third-order valence-corrected chi connectivity index (χ3v) is 5.41. The number of phenolic OH excluding ortho intramolecular Hbond substituents is 1. The smallest absolute Gasteiger partial charge is 0.343 e. The molecule has 3 rings (SSSR count). The molecule has 0 saturated carbocycles. The molecule has 0 amide bonds. The Morgan fingerprint density at radius 3 is 2.76 bits per heavy atom. The molecule has 1 heterocycles. The van der Waals surface area contributed by atoms with Gasteiger partial charge in [0.25, 0.3) is 0 Å². The van der Waals surface area contributed by atoms with Crippen LogP contribution in [0.5, 0.6) is 11.5 Å². The predicted molar refractivity (Wildman–Crippen MR) is 105 cm³/mol. The Kier molecular flexibility index (Phi) is 5.71. The Labute approximate surface area is 169 Å². The van der Waals surface area contributed by atoms with E-state index in [2.05, 4.69) is 0 Å². The van der Waals surface area contributed by atoms with Gasteiger partial charge in [0.15, 0.2) is 5.60 Å². The number of aliphatic hydroxyl groups excluding tert-OH is 1. The molecular formula is C22H26O7. The van der Waals surface area contributed by atoms with Gasteiger partial charge in [-0.25, -0.2) is 4.79 Å². The highest BCUT2D eigenvalue weighted by Crippen LogP contribution is 2.38. The summed E-state index contributed by atoms with van der Waals surface area (Å²) in [6, 6.07) is 2.69. The van der Waals surface area contributed by atoms with Gasteiger partial charge in [-0.05, 0) is 43.5 Å². The lowest BCUT2D eigenvalue weighted by molar-refractivity contribution is -0.147. The minimum absolute atomic E-state index is 0.0558. The highest BCUT2D eigenvalue weighted by Gasteiger charge is 2.50. The summed E-state index contributed by atoms with van der Waals surface area (Å²) in [5, 5.41) is 20.4. The second-order valence-corrected chi connectivity index (χ2v) is 7.54. The van der Waals surface area contributed by atoms with E-state index in [1.165, 1.54) is 26.2 Å². The van der Waals surface area contributed by atoms with E-state index in [9.17, 15) is 19.8 Å². The van der Waals surface area contributed by atoms with Crippen molar-refractivity contribution < 1.29 is 34.0 Å². The summed E-state index contributed by atoms with van der Waals surface area (Å²) in [6.07, 6.45) is 2.46. The third-order valence-electron chi connectivity index (χ3n) is 5.41. The molecule has 2 atom stereocenters. The Morgan fingerprint density at radius 1 is 1.38 bits per heavy atom. The topological polar surface area (TPSA) is 102 Å². The van der Waals surface area contributed by atoms with Crippen LogP contribution in [0.25, 0.3) is 0 Å². The van der Waals surface area contributed by atoms with Gasteiger partial charge in [-0.15, -0.1) is 0 Å². The molecule has 2 aliphatic rings. The van der Waals surface area contributed by atoms with Gasteiger partial charge in [0, 0.05) is 24.5 Å². The van der Waals surface area contributed by atoms with Gasteiger partial charge < -0.3 is 24.4 Å². The van der Waals surface area contributed by atoms with Gasteiger partial charge >= 0.3 is 5.97 Å². The number of ketones is 1. The molecule has 1 aliphatic carbocycles. The number of allylic oxidation sites excluding steroid dienone is 2. The maximum Gasteiger partial charge on any atom is 0.343 e. The van der Waals surface area contributed by atoms with E-state index in [0.717, 1.165) is 24.2 Å². The van der Waals surface area contributed by atoms with E-state index in [4.69, 9.17) is 14.2 Å². The van der Waals surface area contributed by atoms with Gasteiger partial charge in [-0.3, -0.25) is 4.79 Å². The average Bonchev–Trinajstić information content (AvgIpc) is 2.66. The molecule has 0 saturated heterocycles. The molecule has 0 bridgehead atoms. The lowest BCUT2D eigenvalue weighted by Crippen LogP contribution is -2.54. The van der Waals surface area contributed by atoms with Crippen LogP contribution in [0.4, 0.5) is 0 Å². The molecule has 0 fully saturated rings. The average molecular weight is 402 g/mol. The first kappa shape index (κ1) is 20.9. The number of phenols is 1. The zero-order valence-corrected chi connectivity index (χ0v) is 17.1. The van der Waals surface area contributed by atoms with Crippen LogP contribution >= 0.6 is 0 Å². The number of hydrogen-bond acceptors (Lipinski definition) is 7. The van der Waals surface area contributed by atoms with Crippen LogP contribution in [-0.4, -0.2) is 47.4 Å². The van der Waals surface area contributed by atoms with Crippen molar-refractivity contribution in [1.82, 2.24) is 0 Å². The fraction of sp³-hybridized carbons (Fsp3) is 0.455. The van der Waals surface area contributed by atoms with Crippen molar-refractivity contribution in [3.05, 3.63) is 46.2 Å². The van der Waals surface area contributed by atoms with E-state index >= 15 is 0 Å². The van der Waals surface area contributed by atoms with Crippen LogP contribution < -0.4 is 4.74 Å². The number of methoxy groups -OCH3 is 1. The molecule has 1 aliphatic heterocycles. The first-order chi connectivity index (χ1) is 13.7. The number of aliphatic hydroxyl groups is 1. The standard InChI is InChI=1S/C22H26O7/c1-5-6-15-8-13-9-18(24)22(3,20(25)16(13)11-28-15)29-21(26)19-12(2)7-14(23)10-17(19)27-4/h7-8,10,18,23-24H,5-6,9,11H2,1-4H3/t18-,22-/m1/s1. The molecule has 0 unspecified atom stereocenters. The predicted octanol–water partition coefficient (Wildman–Crippen LogP) is 2.97. The van der Waals surface area contributed by atoms with Crippen molar-refractivity contribution in [2.24, 2.45) is 0 Å². The number of carbonyl (C=O) groups is 2. The summed E-state index contributed by atoms with van der Waals surface area (Å²) >= 11 is 0. The van der Waals surface area contributed by atoms with Crippen molar-refractivity contribution in [2.45, 2.75) is 51.7 Å². The molecule has 2 N–H and O–H groups in total. The van der Waals surface area contributed by atoms with Crippen LogP contribution in [0.15, 0.2) is 35.1 Å². The van der Waals surface area contributed by atoms with Crippen molar-refractivity contribution in [3.63, 3.8) is 0 Å². The number of Topliss-reactive ketones (excluding diaryl/α,β-unsaturated/α-hetero) is 1. The van der Waals surface area contributed by atoms with Crippen molar-refractivity contribution in [1.29, 1.82) is 0 Å². The van der Waals surface area contributed by atoms with Crippen molar-refractivity contribution in [3.8, 4) is 11.5 Å². The van der Waals surface area contributed by atoms with E-state index in [1.807, 2.05) is 6.92 Å². The first-order valence-electron chi connectivity index (χ1n) is 9.60.